The Morgan fingerprint density at radius 3 is 2.26 bits per heavy atom. The Labute approximate surface area is 110 Å². The molecule has 1 rings (SSSR count). The van der Waals surface area contributed by atoms with Crippen LogP contribution < -0.4 is 10.5 Å². The first-order valence-electron chi connectivity index (χ1n) is 4.95. The van der Waals surface area contributed by atoms with Gasteiger partial charge in [-0.2, -0.15) is 0 Å². The van der Waals surface area contributed by atoms with Gasteiger partial charge < -0.3 is 5.32 Å². The summed E-state index contributed by atoms with van der Waals surface area (Å²) in [6, 6.07) is 2.26. The Kier molecular flexibility index (Phi) is 4.55. The van der Waals surface area contributed by atoms with Gasteiger partial charge in [-0.3, -0.25) is 4.79 Å². The molecule has 0 aromatic carbocycles. The van der Waals surface area contributed by atoms with Gasteiger partial charge in [0.2, 0.25) is 10.0 Å². The molecule has 1 amide bonds. The minimum atomic E-state index is -3.91. The lowest BCUT2D eigenvalue weighted by molar-refractivity contribution is 0.0957. The molecule has 0 atom stereocenters. The van der Waals surface area contributed by atoms with Crippen LogP contribution in [0.3, 0.4) is 0 Å². The molecule has 0 aliphatic carbocycles. The summed E-state index contributed by atoms with van der Waals surface area (Å²) in [5, 5.41) is 13.4. The molecule has 0 radical (unpaired) electrons. The summed E-state index contributed by atoms with van der Waals surface area (Å²) in [7, 11) is -6.40. The molecule has 0 fully saturated rings. The van der Waals surface area contributed by atoms with Crippen LogP contribution in [0.1, 0.15) is 10.5 Å². The second kappa shape index (κ2) is 5.59. The van der Waals surface area contributed by atoms with Gasteiger partial charge in [-0.1, -0.05) is 0 Å². The van der Waals surface area contributed by atoms with Gasteiger partial charge >= 0.3 is 0 Å². The SMILES string of the molecule is CNC(=O)c1ccc(S(=O)(=O)CCS(N)(=O)=O)nn1. The highest BCUT2D eigenvalue weighted by Crippen LogP contribution is 2.07. The fraction of sp³-hybridized carbons (Fsp3) is 0.375. The minimum absolute atomic E-state index is 0.0482. The van der Waals surface area contributed by atoms with E-state index in [1.807, 2.05) is 0 Å². The third-order valence-corrected chi connectivity index (χ3v) is 4.68. The van der Waals surface area contributed by atoms with Gasteiger partial charge in [0, 0.05) is 7.05 Å². The summed E-state index contributed by atoms with van der Waals surface area (Å²) < 4.78 is 44.8. The van der Waals surface area contributed by atoms with Crippen molar-refractivity contribution in [3.05, 3.63) is 17.8 Å². The number of nitrogens with one attached hydrogen (secondary N) is 1. The van der Waals surface area contributed by atoms with Gasteiger partial charge in [-0.05, 0) is 12.1 Å². The summed E-state index contributed by atoms with van der Waals surface area (Å²) in [6.45, 7) is 0. The molecule has 0 saturated carbocycles. The number of nitrogens with zero attached hydrogens (tertiary/aromatic N) is 2. The third-order valence-electron chi connectivity index (χ3n) is 2.05. The van der Waals surface area contributed by atoms with E-state index in [0.717, 1.165) is 6.07 Å². The molecule has 11 heteroatoms. The lowest BCUT2D eigenvalue weighted by Gasteiger charge is -2.03. The van der Waals surface area contributed by atoms with Crippen LogP contribution in [-0.4, -0.2) is 51.5 Å². The average Bonchev–Trinajstić information content (AvgIpc) is 2.35. The van der Waals surface area contributed by atoms with E-state index in [4.69, 9.17) is 5.14 Å². The van der Waals surface area contributed by atoms with Crippen LogP contribution in [0.15, 0.2) is 17.2 Å². The van der Waals surface area contributed by atoms with Crippen LogP contribution in [0.5, 0.6) is 0 Å². The molecule has 19 heavy (non-hydrogen) atoms. The Morgan fingerprint density at radius 1 is 1.21 bits per heavy atom. The van der Waals surface area contributed by atoms with E-state index in [-0.39, 0.29) is 5.69 Å². The molecule has 0 aliphatic rings. The molecule has 1 aromatic rings. The minimum Gasteiger partial charge on any atom is -0.354 e. The number of hydrogen-bond acceptors (Lipinski definition) is 7. The van der Waals surface area contributed by atoms with Gasteiger partial charge in [0.25, 0.3) is 5.91 Å². The number of rotatable bonds is 5. The molecule has 0 bridgehead atoms. The number of primary sulfonamides is 1. The van der Waals surface area contributed by atoms with Crippen molar-refractivity contribution in [3.63, 3.8) is 0 Å². The molecule has 0 spiro atoms. The van der Waals surface area contributed by atoms with Crippen LogP contribution in [0.2, 0.25) is 0 Å². The van der Waals surface area contributed by atoms with Gasteiger partial charge in [0.15, 0.2) is 20.6 Å². The average molecular weight is 308 g/mol. The highest BCUT2D eigenvalue weighted by atomic mass is 32.2. The van der Waals surface area contributed by atoms with Crippen molar-refractivity contribution in [1.29, 1.82) is 0 Å². The largest absolute Gasteiger partial charge is 0.354 e. The van der Waals surface area contributed by atoms with E-state index in [1.54, 1.807) is 0 Å². The summed E-state index contributed by atoms with van der Waals surface area (Å²) in [4.78, 5) is 11.2. The van der Waals surface area contributed by atoms with Crippen molar-refractivity contribution >= 4 is 25.8 Å². The van der Waals surface area contributed by atoms with Gasteiger partial charge in [-0.25, -0.2) is 22.0 Å². The topological polar surface area (TPSA) is 149 Å². The summed E-state index contributed by atoms with van der Waals surface area (Å²) in [5.74, 6) is -1.92. The van der Waals surface area contributed by atoms with Crippen molar-refractivity contribution < 1.29 is 21.6 Å². The highest BCUT2D eigenvalue weighted by molar-refractivity contribution is 7.94. The molecule has 0 saturated heterocycles. The molecule has 0 aliphatic heterocycles. The predicted molar refractivity (Wildman–Crippen MR) is 65.4 cm³/mol. The zero-order valence-electron chi connectivity index (χ0n) is 9.90. The molecule has 0 unspecified atom stereocenters. The Bertz CT molecular complexity index is 666. The monoisotopic (exact) mass is 308 g/mol. The van der Waals surface area contributed by atoms with Crippen molar-refractivity contribution in [2.24, 2.45) is 5.14 Å². The number of sulfonamides is 1. The first-order chi connectivity index (χ1) is 8.65. The van der Waals surface area contributed by atoms with Crippen molar-refractivity contribution in [2.75, 3.05) is 18.6 Å². The second-order valence-electron chi connectivity index (χ2n) is 3.52. The maximum absolute atomic E-state index is 11.7. The maximum Gasteiger partial charge on any atom is 0.271 e. The van der Waals surface area contributed by atoms with Crippen molar-refractivity contribution in [1.82, 2.24) is 15.5 Å². The number of sulfone groups is 1. The Balaban J connectivity index is 2.94. The zero-order valence-corrected chi connectivity index (χ0v) is 11.5. The third kappa shape index (κ3) is 4.54. The molecule has 106 valence electrons. The highest BCUT2D eigenvalue weighted by Gasteiger charge is 2.20. The Morgan fingerprint density at radius 2 is 1.84 bits per heavy atom. The summed E-state index contributed by atoms with van der Waals surface area (Å²) >= 11 is 0. The first kappa shape index (κ1) is 15.5. The molecule has 1 heterocycles. The van der Waals surface area contributed by atoms with Crippen LogP contribution in [-0.2, 0) is 19.9 Å². The van der Waals surface area contributed by atoms with Gasteiger partial charge in [0.1, 0.15) is 0 Å². The number of nitrogens with two attached hydrogens (primary N) is 1. The molecule has 1 aromatic heterocycles. The Hall–Kier alpha value is -1.59. The smallest absolute Gasteiger partial charge is 0.271 e. The standard InChI is InChI=1S/C8H12N4O5S2/c1-10-8(13)6-2-3-7(12-11-6)18(14,15)4-5-19(9,16)17/h2-3H,4-5H2,1H3,(H,10,13)(H2,9,16,17). The lowest BCUT2D eigenvalue weighted by atomic mass is 10.4. The van der Waals surface area contributed by atoms with E-state index < -0.39 is 42.3 Å². The predicted octanol–water partition coefficient (Wildman–Crippen LogP) is -2.10. The zero-order chi connectivity index (χ0) is 14.7. The quantitative estimate of drug-likeness (QED) is 0.632. The number of aromatic nitrogens is 2. The fourth-order valence-electron chi connectivity index (χ4n) is 1.07. The first-order valence-corrected chi connectivity index (χ1v) is 8.31. The van der Waals surface area contributed by atoms with E-state index in [2.05, 4.69) is 15.5 Å². The van der Waals surface area contributed by atoms with Crippen molar-refractivity contribution in [3.8, 4) is 0 Å². The van der Waals surface area contributed by atoms with Crippen molar-refractivity contribution in [2.45, 2.75) is 5.03 Å². The number of carbonyl (C=O) groups is 1. The van der Waals surface area contributed by atoms with E-state index in [1.165, 1.54) is 13.1 Å². The summed E-state index contributed by atoms with van der Waals surface area (Å²) in [6.07, 6.45) is 0. The van der Waals surface area contributed by atoms with Crippen LogP contribution in [0.4, 0.5) is 0 Å². The van der Waals surface area contributed by atoms with E-state index >= 15 is 0 Å². The van der Waals surface area contributed by atoms with Gasteiger partial charge in [0.05, 0.1) is 11.5 Å². The fourth-order valence-corrected chi connectivity index (χ4v) is 3.52. The van der Waals surface area contributed by atoms with Crippen LogP contribution in [0.25, 0.3) is 0 Å². The maximum atomic E-state index is 11.7. The van der Waals surface area contributed by atoms with Crippen LogP contribution in [0, 0.1) is 0 Å². The second-order valence-corrected chi connectivity index (χ2v) is 7.31. The van der Waals surface area contributed by atoms with E-state index in [0.29, 0.717) is 0 Å². The summed E-state index contributed by atoms with van der Waals surface area (Å²) in [5.41, 5.74) is -0.0482. The van der Waals surface area contributed by atoms with Crippen LogP contribution >= 0.6 is 0 Å². The number of carbonyl (C=O) groups excluding carboxylic acids is 1. The lowest BCUT2D eigenvalue weighted by Crippen LogP contribution is -2.24. The molecular weight excluding hydrogens is 296 g/mol. The molecule has 3 N–H and O–H groups in total. The van der Waals surface area contributed by atoms with Gasteiger partial charge in [-0.15, -0.1) is 10.2 Å². The molecular formula is C8H12N4O5S2. The van der Waals surface area contributed by atoms with E-state index in [9.17, 15) is 21.6 Å². The number of amides is 1. The molecule has 9 nitrogen and oxygen atoms in total. The number of hydrogen-bond donors (Lipinski definition) is 2. The normalized spacial score (nSPS) is 12.1.